The molecule has 2 heterocycles. The first-order valence-electron chi connectivity index (χ1n) is 8.31. The van der Waals surface area contributed by atoms with Crippen molar-refractivity contribution < 1.29 is 14.3 Å². The van der Waals surface area contributed by atoms with Gasteiger partial charge in [0.25, 0.3) is 0 Å². The Morgan fingerprint density at radius 3 is 2.84 bits per heavy atom. The summed E-state index contributed by atoms with van der Waals surface area (Å²) in [4.78, 5) is 14.6. The first-order chi connectivity index (χ1) is 12.1. The number of aryl methyl sites for hydroxylation is 1. The quantitative estimate of drug-likeness (QED) is 0.785. The molecule has 1 amide bonds. The van der Waals surface area contributed by atoms with Gasteiger partial charge >= 0.3 is 0 Å². The van der Waals surface area contributed by atoms with Crippen molar-refractivity contribution in [3.05, 3.63) is 47.8 Å². The molecule has 3 rings (SSSR count). The van der Waals surface area contributed by atoms with Crippen LogP contribution in [-0.4, -0.2) is 41.4 Å². The maximum atomic E-state index is 12.7. The third-order valence-corrected chi connectivity index (χ3v) is 4.47. The van der Waals surface area contributed by atoms with Gasteiger partial charge in [-0.05, 0) is 37.1 Å². The van der Waals surface area contributed by atoms with E-state index in [1.807, 2.05) is 36.3 Å². The van der Waals surface area contributed by atoms with Gasteiger partial charge in [-0.3, -0.25) is 9.48 Å². The molecule has 1 saturated heterocycles. The Labute approximate surface area is 147 Å². The summed E-state index contributed by atoms with van der Waals surface area (Å²) in [7, 11) is 5.14. The summed E-state index contributed by atoms with van der Waals surface area (Å²) in [5.41, 5.74) is 1.90. The summed E-state index contributed by atoms with van der Waals surface area (Å²) in [6.45, 7) is 0.737. The average molecular weight is 341 g/mol. The summed E-state index contributed by atoms with van der Waals surface area (Å²) in [5.74, 6) is 1.54. The highest BCUT2D eigenvalue weighted by molar-refractivity contribution is 5.92. The molecular weight excluding hydrogens is 318 g/mol. The third-order valence-electron chi connectivity index (χ3n) is 4.47. The van der Waals surface area contributed by atoms with Crippen LogP contribution in [0, 0.1) is 0 Å². The lowest BCUT2D eigenvalue weighted by Crippen LogP contribution is -2.29. The van der Waals surface area contributed by atoms with Crippen LogP contribution in [0.3, 0.4) is 0 Å². The van der Waals surface area contributed by atoms with Gasteiger partial charge in [0, 0.05) is 37.0 Å². The molecule has 1 aromatic heterocycles. The highest BCUT2D eigenvalue weighted by atomic mass is 16.5. The number of carbonyl (C=O) groups is 1. The molecule has 1 atom stereocenters. The largest absolute Gasteiger partial charge is 0.497 e. The number of likely N-dealkylation sites (tertiary alicyclic amines) is 1. The van der Waals surface area contributed by atoms with Crippen LogP contribution in [0.5, 0.6) is 11.5 Å². The minimum absolute atomic E-state index is 0.00349. The maximum absolute atomic E-state index is 12.7. The molecule has 0 bridgehead atoms. The van der Waals surface area contributed by atoms with Crippen molar-refractivity contribution in [3.8, 4) is 11.5 Å². The number of carbonyl (C=O) groups excluding carboxylic acids is 1. The summed E-state index contributed by atoms with van der Waals surface area (Å²) in [5, 5.41) is 4.11. The van der Waals surface area contributed by atoms with E-state index in [-0.39, 0.29) is 11.9 Å². The standard InChI is InChI=1S/C19H23N3O3/c1-21-13-14(12-20-21)6-9-19(23)22-10-4-5-17(22)16-11-15(24-2)7-8-18(16)25-3/h6-9,11-13,17H,4-5,10H2,1-3H3/b9-6+/t17-/m1/s1. The van der Waals surface area contributed by atoms with E-state index in [0.29, 0.717) is 0 Å². The lowest BCUT2D eigenvalue weighted by atomic mass is 10.0. The van der Waals surface area contributed by atoms with Gasteiger partial charge in [0.15, 0.2) is 0 Å². The molecule has 1 aromatic carbocycles. The number of aromatic nitrogens is 2. The van der Waals surface area contributed by atoms with Gasteiger partial charge in [-0.15, -0.1) is 0 Å². The zero-order chi connectivity index (χ0) is 17.8. The van der Waals surface area contributed by atoms with Gasteiger partial charge in [-0.2, -0.15) is 5.10 Å². The van der Waals surface area contributed by atoms with E-state index in [1.165, 1.54) is 0 Å². The fourth-order valence-electron chi connectivity index (χ4n) is 3.24. The molecule has 0 aliphatic carbocycles. The first kappa shape index (κ1) is 17.1. The number of nitrogens with zero attached hydrogens (tertiary/aromatic N) is 3. The molecule has 0 spiro atoms. The molecule has 0 saturated carbocycles. The predicted octanol–water partition coefficient (Wildman–Crippen LogP) is 2.81. The minimum Gasteiger partial charge on any atom is -0.497 e. The smallest absolute Gasteiger partial charge is 0.247 e. The van der Waals surface area contributed by atoms with Crippen molar-refractivity contribution >= 4 is 12.0 Å². The number of amides is 1. The number of benzene rings is 1. The van der Waals surface area contributed by atoms with Crippen LogP contribution in [0.15, 0.2) is 36.7 Å². The van der Waals surface area contributed by atoms with Crippen molar-refractivity contribution in [3.63, 3.8) is 0 Å². The second-order valence-electron chi connectivity index (χ2n) is 6.08. The van der Waals surface area contributed by atoms with Gasteiger partial charge < -0.3 is 14.4 Å². The van der Waals surface area contributed by atoms with E-state index >= 15 is 0 Å². The zero-order valence-corrected chi connectivity index (χ0v) is 14.8. The van der Waals surface area contributed by atoms with Gasteiger partial charge in [-0.1, -0.05) is 0 Å². The number of hydrogen-bond donors (Lipinski definition) is 0. The van der Waals surface area contributed by atoms with E-state index < -0.39 is 0 Å². The molecular formula is C19H23N3O3. The molecule has 2 aromatic rings. The second-order valence-corrected chi connectivity index (χ2v) is 6.08. The third kappa shape index (κ3) is 3.68. The zero-order valence-electron chi connectivity index (χ0n) is 14.8. The molecule has 132 valence electrons. The molecule has 6 heteroatoms. The average Bonchev–Trinajstić information content (AvgIpc) is 3.28. The van der Waals surface area contributed by atoms with Crippen LogP contribution in [0.2, 0.25) is 0 Å². The molecule has 0 radical (unpaired) electrons. The van der Waals surface area contributed by atoms with Crippen molar-refractivity contribution in [1.82, 2.24) is 14.7 Å². The number of ether oxygens (including phenoxy) is 2. The normalized spacial score (nSPS) is 17.2. The molecule has 1 aliphatic heterocycles. The lowest BCUT2D eigenvalue weighted by molar-refractivity contribution is -0.126. The fourth-order valence-corrected chi connectivity index (χ4v) is 3.24. The first-order valence-corrected chi connectivity index (χ1v) is 8.31. The van der Waals surface area contributed by atoms with Gasteiger partial charge in [0.1, 0.15) is 11.5 Å². The van der Waals surface area contributed by atoms with Crippen molar-refractivity contribution in [1.29, 1.82) is 0 Å². The van der Waals surface area contributed by atoms with E-state index in [0.717, 1.165) is 42.0 Å². The second kappa shape index (κ2) is 7.42. The van der Waals surface area contributed by atoms with Gasteiger partial charge in [0.05, 0.1) is 26.5 Å². The van der Waals surface area contributed by atoms with E-state index in [9.17, 15) is 4.79 Å². The molecule has 6 nitrogen and oxygen atoms in total. The van der Waals surface area contributed by atoms with E-state index in [2.05, 4.69) is 5.10 Å². The SMILES string of the molecule is COc1ccc(OC)c([C@H]2CCCN2C(=O)/C=C/c2cnn(C)c2)c1. The van der Waals surface area contributed by atoms with Gasteiger partial charge in [-0.25, -0.2) is 0 Å². The lowest BCUT2D eigenvalue weighted by Gasteiger charge is -2.25. The van der Waals surface area contributed by atoms with E-state index in [4.69, 9.17) is 9.47 Å². The highest BCUT2D eigenvalue weighted by Crippen LogP contribution is 2.39. The number of methoxy groups -OCH3 is 2. The topological polar surface area (TPSA) is 56.6 Å². The summed E-state index contributed by atoms with van der Waals surface area (Å²) in [6, 6.07) is 5.71. The number of hydrogen-bond acceptors (Lipinski definition) is 4. The van der Waals surface area contributed by atoms with E-state index in [1.54, 1.807) is 37.3 Å². The molecule has 0 unspecified atom stereocenters. The molecule has 0 N–H and O–H groups in total. The maximum Gasteiger partial charge on any atom is 0.247 e. The summed E-state index contributed by atoms with van der Waals surface area (Å²) < 4.78 is 12.5. The Bertz CT molecular complexity index is 782. The minimum atomic E-state index is -0.00361. The van der Waals surface area contributed by atoms with Crippen LogP contribution in [0.4, 0.5) is 0 Å². The molecule has 1 fully saturated rings. The fraction of sp³-hybridized carbons (Fsp3) is 0.368. The summed E-state index contributed by atoms with van der Waals surface area (Å²) >= 11 is 0. The van der Waals surface area contributed by atoms with Crippen LogP contribution < -0.4 is 9.47 Å². The van der Waals surface area contributed by atoms with Gasteiger partial charge in [0.2, 0.25) is 5.91 Å². The van der Waals surface area contributed by atoms with Crippen molar-refractivity contribution in [2.75, 3.05) is 20.8 Å². The molecule has 25 heavy (non-hydrogen) atoms. The van der Waals surface area contributed by atoms with Crippen LogP contribution in [-0.2, 0) is 11.8 Å². The Morgan fingerprint density at radius 2 is 2.16 bits per heavy atom. The Balaban J connectivity index is 1.82. The van der Waals surface area contributed by atoms with Crippen LogP contribution in [0.1, 0.15) is 30.0 Å². The number of rotatable bonds is 5. The predicted molar refractivity (Wildman–Crippen MR) is 95.5 cm³/mol. The van der Waals surface area contributed by atoms with Crippen molar-refractivity contribution in [2.24, 2.45) is 7.05 Å². The van der Waals surface area contributed by atoms with Crippen LogP contribution in [0.25, 0.3) is 6.08 Å². The van der Waals surface area contributed by atoms with Crippen molar-refractivity contribution in [2.45, 2.75) is 18.9 Å². The Kier molecular flexibility index (Phi) is 5.07. The Morgan fingerprint density at radius 1 is 1.32 bits per heavy atom. The van der Waals surface area contributed by atoms with Crippen LogP contribution >= 0.6 is 0 Å². The Hall–Kier alpha value is -2.76. The molecule has 1 aliphatic rings. The summed E-state index contributed by atoms with van der Waals surface area (Å²) in [6.07, 6.45) is 8.90. The highest BCUT2D eigenvalue weighted by Gasteiger charge is 2.31. The monoisotopic (exact) mass is 341 g/mol.